The largest absolute Gasteiger partial charge is 0.294 e. The van der Waals surface area contributed by atoms with Gasteiger partial charge in [0, 0.05) is 9.89 Å². The minimum Gasteiger partial charge on any atom is -0.294 e. The molecule has 4 saturated carbocycles. The van der Waals surface area contributed by atoms with Gasteiger partial charge in [0.2, 0.25) is 0 Å². The standard InChI is InChI=1S/C26H33BrO/c1-25-13-4-3-5-19(25)8-11-21-22(25)12-14-26(2)23(21)16-18(24(26)28)15-17-6-9-20(27)10-7-17/h6-7,9-10,15,19,21-23H,3-5,8,11-14,16H2,1-2H3/b18-15+/t19-,21+,22-,23-,25+,26+/m1/s1. The lowest BCUT2D eigenvalue weighted by Gasteiger charge is -2.59. The molecular formula is C26H33BrO. The predicted octanol–water partition coefficient (Wildman–Crippen LogP) is 7.44. The molecule has 0 unspecified atom stereocenters. The van der Waals surface area contributed by atoms with Gasteiger partial charge in [-0.05, 0) is 103 Å². The van der Waals surface area contributed by atoms with E-state index in [1.807, 2.05) is 0 Å². The van der Waals surface area contributed by atoms with Crippen molar-refractivity contribution in [1.82, 2.24) is 0 Å². The molecular weight excluding hydrogens is 408 g/mol. The molecule has 0 heterocycles. The van der Waals surface area contributed by atoms with E-state index in [9.17, 15) is 4.79 Å². The summed E-state index contributed by atoms with van der Waals surface area (Å²) < 4.78 is 1.09. The number of ketones is 1. The molecule has 0 bridgehead atoms. The minimum absolute atomic E-state index is 0.111. The highest BCUT2D eigenvalue weighted by Crippen LogP contribution is 2.66. The molecule has 4 aliphatic carbocycles. The zero-order valence-corrected chi connectivity index (χ0v) is 18.9. The lowest BCUT2D eigenvalue weighted by Crippen LogP contribution is -2.52. The quantitative estimate of drug-likeness (QED) is 0.414. The van der Waals surface area contributed by atoms with Crippen LogP contribution < -0.4 is 0 Å². The number of benzene rings is 1. The first kappa shape index (κ1) is 19.1. The van der Waals surface area contributed by atoms with Crippen molar-refractivity contribution >= 4 is 27.8 Å². The summed E-state index contributed by atoms with van der Waals surface area (Å²) in [6, 6.07) is 8.38. The van der Waals surface area contributed by atoms with E-state index in [2.05, 4.69) is 60.1 Å². The zero-order chi connectivity index (χ0) is 19.5. The Kier molecular flexibility index (Phi) is 4.66. The number of halogens is 1. The number of Topliss-reactive ketones (excluding diaryl/α,β-unsaturated/α-hetero) is 1. The molecule has 0 radical (unpaired) electrons. The Morgan fingerprint density at radius 1 is 0.964 bits per heavy atom. The van der Waals surface area contributed by atoms with Gasteiger partial charge in [0.05, 0.1) is 0 Å². The number of carbonyl (C=O) groups is 1. The molecule has 0 aliphatic heterocycles. The first-order chi connectivity index (χ1) is 13.4. The third kappa shape index (κ3) is 2.81. The molecule has 1 aromatic carbocycles. The summed E-state index contributed by atoms with van der Waals surface area (Å²) in [6.45, 7) is 4.92. The average Bonchev–Trinajstić information content (AvgIpc) is 2.94. The van der Waals surface area contributed by atoms with Crippen molar-refractivity contribution in [3.05, 3.63) is 39.9 Å². The van der Waals surface area contributed by atoms with Crippen molar-refractivity contribution in [2.24, 2.45) is 34.5 Å². The molecule has 4 aliphatic rings. The van der Waals surface area contributed by atoms with Crippen LogP contribution in [0.3, 0.4) is 0 Å². The first-order valence-corrected chi connectivity index (χ1v) is 12.2. The lowest BCUT2D eigenvalue weighted by molar-refractivity contribution is -0.137. The van der Waals surface area contributed by atoms with Crippen LogP contribution in [0.5, 0.6) is 0 Å². The summed E-state index contributed by atoms with van der Waals surface area (Å²) in [6.07, 6.45) is 14.1. The van der Waals surface area contributed by atoms with Gasteiger partial charge in [-0.25, -0.2) is 0 Å². The molecule has 2 heteroatoms. The Morgan fingerprint density at radius 2 is 1.75 bits per heavy atom. The summed E-state index contributed by atoms with van der Waals surface area (Å²) in [5, 5.41) is 0. The van der Waals surface area contributed by atoms with Crippen molar-refractivity contribution in [1.29, 1.82) is 0 Å². The van der Waals surface area contributed by atoms with Crippen LogP contribution in [-0.2, 0) is 4.79 Å². The van der Waals surface area contributed by atoms with Gasteiger partial charge in [0.1, 0.15) is 0 Å². The van der Waals surface area contributed by atoms with Crippen molar-refractivity contribution in [3.8, 4) is 0 Å². The van der Waals surface area contributed by atoms with Crippen LogP contribution in [0.2, 0.25) is 0 Å². The second-order valence-corrected chi connectivity index (χ2v) is 11.5. The molecule has 6 atom stereocenters. The molecule has 0 aromatic heterocycles. The van der Waals surface area contributed by atoms with Crippen molar-refractivity contribution in [2.75, 3.05) is 0 Å². The lowest BCUT2D eigenvalue weighted by atomic mass is 9.45. The Labute approximate surface area is 178 Å². The first-order valence-electron chi connectivity index (χ1n) is 11.4. The highest BCUT2D eigenvalue weighted by atomic mass is 79.9. The second-order valence-electron chi connectivity index (χ2n) is 10.6. The Morgan fingerprint density at radius 3 is 2.54 bits per heavy atom. The van der Waals surface area contributed by atoms with Crippen LogP contribution in [-0.4, -0.2) is 5.78 Å². The van der Waals surface area contributed by atoms with Gasteiger partial charge in [-0.1, -0.05) is 54.8 Å². The Balaban J connectivity index is 1.45. The van der Waals surface area contributed by atoms with Crippen LogP contribution in [0.1, 0.15) is 77.2 Å². The van der Waals surface area contributed by atoms with Crippen molar-refractivity contribution < 1.29 is 4.79 Å². The van der Waals surface area contributed by atoms with E-state index >= 15 is 0 Å². The SMILES string of the molecule is C[C@]12CCCC[C@@H]1CC[C@H]1[C@H]2CC[C@]2(C)C(=O)/C(=C/c3ccc(Br)cc3)C[C@H]12. The predicted molar refractivity (Wildman–Crippen MR) is 119 cm³/mol. The van der Waals surface area contributed by atoms with Crippen LogP contribution in [0.4, 0.5) is 0 Å². The zero-order valence-electron chi connectivity index (χ0n) is 17.3. The average molecular weight is 441 g/mol. The fourth-order valence-corrected chi connectivity index (χ4v) is 8.12. The van der Waals surface area contributed by atoms with Crippen molar-refractivity contribution in [2.45, 2.75) is 71.6 Å². The van der Waals surface area contributed by atoms with Crippen LogP contribution in [0.15, 0.2) is 34.3 Å². The summed E-state index contributed by atoms with van der Waals surface area (Å²) in [4.78, 5) is 13.5. The van der Waals surface area contributed by atoms with Gasteiger partial charge in [0.15, 0.2) is 5.78 Å². The molecule has 4 fully saturated rings. The molecule has 0 spiro atoms. The van der Waals surface area contributed by atoms with Gasteiger partial charge in [-0.15, -0.1) is 0 Å². The summed E-state index contributed by atoms with van der Waals surface area (Å²) >= 11 is 3.51. The van der Waals surface area contributed by atoms with Gasteiger partial charge in [-0.3, -0.25) is 4.79 Å². The van der Waals surface area contributed by atoms with E-state index in [1.54, 1.807) is 0 Å². The molecule has 0 N–H and O–H groups in total. The van der Waals surface area contributed by atoms with Crippen LogP contribution in [0.25, 0.3) is 6.08 Å². The van der Waals surface area contributed by atoms with Crippen LogP contribution >= 0.6 is 15.9 Å². The Bertz CT molecular complexity index is 808. The minimum atomic E-state index is -0.111. The smallest absolute Gasteiger partial charge is 0.165 e. The maximum Gasteiger partial charge on any atom is 0.165 e. The fraction of sp³-hybridized carbons (Fsp3) is 0.654. The van der Waals surface area contributed by atoms with Gasteiger partial charge >= 0.3 is 0 Å². The molecule has 1 nitrogen and oxygen atoms in total. The Hall–Kier alpha value is -0.890. The maximum atomic E-state index is 13.5. The number of fused-ring (bicyclic) bond motifs is 5. The van der Waals surface area contributed by atoms with E-state index < -0.39 is 0 Å². The molecule has 0 amide bonds. The van der Waals surface area contributed by atoms with Crippen molar-refractivity contribution in [3.63, 3.8) is 0 Å². The summed E-state index contributed by atoms with van der Waals surface area (Å²) in [5.74, 6) is 3.58. The fourth-order valence-electron chi connectivity index (χ4n) is 7.85. The molecule has 28 heavy (non-hydrogen) atoms. The topological polar surface area (TPSA) is 17.1 Å². The van der Waals surface area contributed by atoms with Gasteiger partial charge < -0.3 is 0 Å². The van der Waals surface area contributed by atoms with E-state index in [1.165, 1.54) is 44.9 Å². The van der Waals surface area contributed by atoms with Gasteiger partial charge in [0.25, 0.3) is 0 Å². The third-order valence-corrected chi connectivity index (χ3v) is 9.96. The normalized spacial score (nSPS) is 44.1. The van der Waals surface area contributed by atoms with E-state index in [-0.39, 0.29) is 5.41 Å². The molecule has 5 rings (SSSR count). The number of rotatable bonds is 1. The number of hydrogen-bond donors (Lipinski definition) is 0. The maximum absolute atomic E-state index is 13.5. The second kappa shape index (κ2) is 6.83. The van der Waals surface area contributed by atoms with E-state index in [4.69, 9.17) is 0 Å². The molecule has 1 aromatic rings. The van der Waals surface area contributed by atoms with E-state index in [0.29, 0.717) is 17.1 Å². The third-order valence-electron chi connectivity index (χ3n) is 9.43. The number of allylic oxidation sites excluding steroid dienone is 1. The number of carbonyl (C=O) groups excluding carboxylic acids is 1. The number of hydrogen-bond acceptors (Lipinski definition) is 1. The summed E-state index contributed by atoms with van der Waals surface area (Å²) in [7, 11) is 0. The monoisotopic (exact) mass is 440 g/mol. The molecule has 0 saturated heterocycles. The molecule has 150 valence electrons. The highest BCUT2D eigenvalue weighted by Gasteiger charge is 2.60. The highest BCUT2D eigenvalue weighted by molar-refractivity contribution is 9.10. The summed E-state index contributed by atoms with van der Waals surface area (Å²) in [5.41, 5.74) is 2.68. The van der Waals surface area contributed by atoms with E-state index in [0.717, 1.165) is 46.2 Å². The van der Waals surface area contributed by atoms with Crippen LogP contribution in [0, 0.1) is 34.5 Å². The van der Waals surface area contributed by atoms with Gasteiger partial charge in [-0.2, -0.15) is 0 Å².